The van der Waals surface area contributed by atoms with Gasteiger partial charge < -0.3 is 13.3 Å². The van der Waals surface area contributed by atoms with Crippen LogP contribution in [0.4, 0.5) is 0 Å². The second kappa shape index (κ2) is 4.41. The summed E-state index contributed by atoms with van der Waals surface area (Å²) >= 11 is 0. The van der Waals surface area contributed by atoms with Crippen LogP contribution in [0.2, 0.25) is 19.6 Å². The quantitative estimate of drug-likeness (QED) is 0.493. The summed E-state index contributed by atoms with van der Waals surface area (Å²) in [6.45, 7) is 6.29. The molecule has 0 aliphatic carbocycles. The Kier molecular flexibility index (Phi) is 4.65. The standard InChI is InChI=1S/C5H15O3PSi/c1-6-9(7-2)8-10(3,4)5/h1-5H3. The van der Waals surface area contributed by atoms with Crippen molar-refractivity contribution in [2.75, 3.05) is 14.2 Å². The van der Waals surface area contributed by atoms with Crippen LogP contribution in [0.5, 0.6) is 0 Å². The van der Waals surface area contributed by atoms with E-state index in [2.05, 4.69) is 19.6 Å². The van der Waals surface area contributed by atoms with Crippen LogP contribution >= 0.6 is 8.60 Å². The second-order valence-electron chi connectivity index (χ2n) is 2.79. The van der Waals surface area contributed by atoms with E-state index in [0.717, 1.165) is 0 Å². The highest BCUT2D eigenvalue weighted by molar-refractivity contribution is 7.43. The molecule has 62 valence electrons. The highest BCUT2D eigenvalue weighted by Crippen LogP contribution is 2.40. The Morgan fingerprint density at radius 1 is 1.00 bits per heavy atom. The summed E-state index contributed by atoms with van der Waals surface area (Å²) < 4.78 is 15.4. The maximum absolute atomic E-state index is 5.50. The molecule has 0 aliphatic heterocycles. The lowest BCUT2D eigenvalue weighted by Gasteiger charge is -2.21. The van der Waals surface area contributed by atoms with E-state index in [1.165, 1.54) is 0 Å². The lowest BCUT2D eigenvalue weighted by atomic mass is 11.8. The molecule has 0 bridgehead atoms. The number of rotatable bonds is 4. The van der Waals surface area contributed by atoms with Crippen LogP contribution in [0.3, 0.4) is 0 Å². The normalized spacial score (nSPS) is 12.6. The molecule has 0 unspecified atom stereocenters. The van der Waals surface area contributed by atoms with Gasteiger partial charge in [-0.3, -0.25) is 0 Å². The minimum absolute atomic E-state index is 1.08. The topological polar surface area (TPSA) is 27.7 Å². The Morgan fingerprint density at radius 2 is 1.40 bits per heavy atom. The van der Waals surface area contributed by atoms with Crippen molar-refractivity contribution in [1.29, 1.82) is 0 Å². The smallest absolute Gasteiger partial charge is 0.321 e. The molecular formula is C5H15O3PSi. The molecule has 0 atom stereocenters. The van der Waals surface area contributed by atoms with E-state index in [-0.39, 0.29) is 0 Å². The fraction of sp³-hybridized carbons (Fsp3) is 1.00. The van der Waals surface area contributed by atoms with E-state index in [9.17, 15) is 0 Å². The SMILES string of the molecule is COP(OC)O[Si](C)(C)C. The first-order valence-corrected chi connectivity index (χ1v) is 7.57. The molecule has 0 saturated carbocycles. The summed E-state index contributed by atoms with van der Waals surface area (Å²) in [5.41, 5.74) is 0. The van der Waals surface area contributed by atoms with E-state index in [1.807, 2.05) is 0 Å². The van der Waals surface area contributed by atoms with Gasteiger partial charge in [0.05, 0.1) is 0 Å². The molecule has 0 radical (unpaired) electrons. The van der Waals surface area contributed by atoms with Crippen LogP contribution in [0.1, 0.15) is 0 Å². The second-order valence-corrected chi connectivity index (χ2v) is 8.92. The summed E-state index contributed by atoms with van der Waals surface area (Å²) in [5.74, 6) is 0. The van der Waals surface area contributed by atoms with E-state index in [1.54, 1.807) is 14.2 Å². The summed E-state index contributed by atoms with van der Waals surface area (Å²) in [4.78, 5) is 0. The Hall–Kier alpha value is 0.527. The minimum Gasteiger partial charge on any atom is -0.355 e. The van der Waals surface area contributed by atoms with Gasteiger partial charge >= 0.3 is 8.60 Å². The van der Waals surface area contributed by atoms with Gasteiger partial charge in [-0.05, 0) is 19.6 Å². The van der Waals surface area contributed by atoms with Gasteiger partial charge in [0.2, 0.25) is 0 Å². The molecule has 0 saturated heterocycles. The Bertz CT molecular complexity index is 89.4. The lowest BCUT2D eigenvalue weighted by molar-refractivity contribution is 0.275. The minimum atomic E-state index is -1.48. The molecular weight excluding hydrogens is 167 g/mol. The van der Waals surface area contributed by atoms with Gasteiger partial charge in [-0.25, -0.2) is 0 Å². The van der Waals surface area contributed by atoms with Gasteiger partial charge in [0, 0.05) is 14.2 Å². The van der Waals surface area contributed by atoms with Gasteiger partial charge in [-0.15, -0.1) is 0 Å². The van der Waals surface area contributed by atoms with E-state index >= 15 is 0 Å². The third kappa shape index (κ3) is 5.32. The number of hydrogen-bond acceptors (Lipinski definition) is 3. The first kappa shape index (κ1) is 10.5. The molecule has 0 fully saturated rings. The zero-order valence-electron chi connectivity index (χ0n) is 7.17. The van der Waals surface area contributed by atoms with E-state index in [4.69, 9.17) is 13.3 Å². The molecule has 10 heavy (non-hydrogen) atoms. The third-order valence-corrected chi connectivity index (χ3v) is 4.03. The largest absolute Gasteiger partial charge is 0.355 e. The van der Waals surface area contributed by atoms with Crippen LogP contribution in [-0.4, -0.2) is 22.5 Å². The Balaban J connectivity index is 3.63. The Labute approximate surface area is 64.8 Å². The average molecular weight is 182 g/mol. The van der Waals surface area contributed by atoms with Crippen molar-refractivity contribution < 1.29 is 13.3 Å². The predicted molar refractivity (Wildman–Crippen MR) is 45.4 cm³/mol. The fourth-order valence-corrected chi connectivity index (χ4v) is 2.91. The van der Waals surface area contributed by atoms with Gasteiger partial charge in [-0.1, -0.05) is 0 Å². The molecule has 0 rings (SSSR count). The maximum Gasteiger partial charge on any atom is 0.321 e. The van der Waals surface area contributed by atoms with Crippen LogP contribution in [0.15, 0.2) is 0 Å². The van der Waals surface area contributed by atoms with E-state index < -0.39 is 16.9 Å². The molecule has 0 aromatic carbocycles. The van der Waals surface area contributed by atoms with Crippen molar-refractivity contribution in [2.45, 2.75) is 19.6 Å². The van der Waals surface area contributed by atoms with Crippen molar-refractivity contribution in [3.05, 3.63) is 0 Å². The molecule has 3 nitrogen and oxygen atoms in total. The average Bonchev–Trinajstić information content (AvgIpc) is 1.81. The maximum atomic E-state index is 5.50. The van der Waals surface area contributed by atoms with Gasteiger partial charge in [-0.2, -0.15) is 0 Å². The highest BCUT2D eigenvalue weighted by atomic mass is 31.2. The summed E-state index contributed by atoms with van der Waals surface area (Å²) in [6.07, 6.45) is 0. The fourth-order valence-electron chi connectivity index (χ4n) is 0.373. The zero-order valence-corrected chi connectivity index (χ0v) is 9.07. The molecule has 0 amide bonds. The van der Waals surface area contributed by atoms with Crippen molar-refractivity contribution in [1.82, 2.24) is 0 Å². The van der Waals surface area contributed by atoms with Crippen LogP contribution in [0, 0.1) is 0 Å². The van der Waals surface area contributed by atoms with Gasteiger partial charge in [0.15, 0.2) is 8.32 Å². The first-order chi connectivity index (χ1) is 4.49. The van der Waals surface area contributed by atoms with Gasteiger partial charge in [0.25, 0.3) is 0 Å². The molecule has 5 heteroatoms. The van der Waals surface area contributed by atoms with Gasteiger partial charge in [0.1, 0.15) is 0 Å². The monoisotopic (exact) mass is 182 g/mol. The van der Waals surface area contributed by atoms with Crippen molar-refractivity contribution >= 4 is 16.9 Å². The highest BCUT2D eigenvalue weighted by Gasteiger charge is 2.21. The number of hydrogen-bond donors (Lipinski definition) is 0. The van der Waals surface area contributed by atoms with Crippen molar-refractivity contribution in [3.8, 4) is 0 Å². The summed E-state index contributed by atoms with van der Waals surface area (Å²) in [7, 11) is 0.619. The molecule has 0 N–H and O–H groups in total. The van der Waals surface area contributed by atoms with Crippen LogP contribution < -0.4 is 0 Å². The third-order valence-electron chi connectivity index (χ3n) is 0.647. The summed E-state index contributed by atoms with van der Waals surface area (Å²) in [6, 6.07) is 0. The molecule has 0 heterocycles. The molecule has 0 aromatic heterocycles. The molecule has 0 spiro atoms. The van der Waals surface area contributed by atoms with Crippen LogP contribution in [-0.2, 0) is 13.3 Å². The van der Waals surface area contributed by atoms with Crippen molar-refractivity contribution in [3.63, 3.8) is 0 Å². The molecule has 0 aliphatic rings. The van der Waals surface area contributed by atoms with Crippen LogP contribution in [0.25, 0.3) is 0 Å². The van der Waals surface area contributed by atoms with Crippen molar-refractivity contribution in [2.24, 2.45) is 0 Å². The summed E-state index contributed by atoms with van der Waals surface area (Å²) in [5, 5.41) is 0. The Morgan fingerprint density at radius 3 is 1.50 bits per heavy atom. The lowest BCUT2D eigenvalue weighted by Crippen LogP contribution is -2.22. The predicted octanol–water partition coefficient (Wildman–Crippen LogP) is 2.36. The zero-order chi connectivity index (χ0) is 8.20. The molecule has 0 aromatic rings. The van der Waals surface area contributed by atoms with E-state index in [0.29, 0.717) is 0 Å². The first-order valence-electron chi connectivity index (χ1n) is 3.07.